The summed E-state index contributed by atoms with van der Waals surface area (Å²) in [6.45, 7) is 1.65. The summed E-state index contributed by atoms with van der Waals surface area (Å²) < 4.78 is 13.8. The van der Waals surface area contributed by atoms with Gasteiger partial charge in [0.15, 0.2) is 5.96 Å². The van der Waals surface area contributed by atoms with Crippen molar-refractivity contribution in [2.75, 3.05) is 27.2 Å². The molecule has 2 N–H and O–H groups in total. The lowest BCUT2D eigenvalue weighted by molar-refractivity contribution is 0.279. The van der Waals surface area contributed by atoms with Gasteiger partial charge in [-0.15, -0.1) is 0 Å². The van der Waals surface area contributed by atoms with Crippen LogP contribution in [0.4, 0.5) is 4.39 Å². The number of hydrogen-bond donors (Lipinski definition) is 1. The molecule has 0 unspecified atom stereocenters. The van der Waals surface area contributed by atoms with Gasteiger partial charge in [0.25, 0.3) is 0 Å². The van der Waals surface area contributed by atoms with Gasteiger partial charge in [0.1, 0.15) is 5.82 Å². The molecule has 0 radical (unpaired) electrons. The van der Waals surface area contributed by atoms with E-state index in [1.165, 1.54) is 12.8 Å². The third-order valence-corrected chi connectivity index (χ3v) is 5.31. The van der Waals surface area contributed by atoms with E-state index in [0.717, 1.165) is 18.5 Å². The van der Waals surface area contributed by atoms with Gasteiger partial charge in [-0.05, 0) is 56.5 Å². The minimum Gasteiger partial charge on any atom is -0.370 e. The zero-order valence-corrected chi connectivity index (χ0v) is 14.4. The third-order valence-electron chi connectivity index (χ3n) is 5.00. The highest BCUT2D eigenvalue weighted by atomic mass is 35.5. The summed E-state index contributed by atoms with van der Waals surface area (Å²) in [6.07, 6.45) is 3.44. The van der Waals surface area contributed by atoms with E-state index in [0.29, 0.717) is 24.5 Å². The van der Waals surface area contributed by atoms with Crippen LogP contribution < -0.4 is 5.73 Å². The van der Waals surface area contributed by atoms with Crippen LogP contribution in [-0.4, -0.2) is 49.0 Å². The molecule has 6 heteroatoms. The first kappa shape index (κ1) is 16.5. The molecular weight excluding hydrogens is 315 g/mol. The van der Waals surface area contributed by atoms with Gasteiger partial charge < -0.3 is 10.6 Å². The van der Waals surface area contributed by atoms with Gasteiger partial charge >= 0.3 is 0 Å². The Labute approximate surface area is 142 Å². The zero-order valence-electron chi connectivity index (χ0n) is 13.7. The number of halogens is 2. The summed E-state index contributed by atoms with van der Waals surface area (Å²) in [5, 5.41) is 0.166. The standard InChI is InChI=1S/C17H24ClFN4/c1-22-8-7-12(10-21-17(20)23(2)13-4-5-13)16(22)11-3-6-14(18)15(19)9-11/h3,6,9,12-13,16H,4-5,7-8,10H2,1-2H3,(H2,20,21)/t12-,16-/m1/s1. The van der Waals surface area contributed by atoms with Crippen LogP contribution in [0.2, 0.25) is 5.02 Å². The van der Waals surface area contributed by atoms with Gasteiger partial charge in [0.2, 0.25) is 0 Å². The first-order valence-corrected chi connectivity index (χ1v) is 8.53. The Hall–Kier alpha value is -1.33. The van der Waals surface area contributed by atoms with E-state index < -0.39 is 0 Å². The quantitative estimate of drug-likeness (QED) is 0.678. The summed E-state index contributed by atoms with van der Waals surface area (Å²) in [5.74, 6) is 0.592. The molecule has 0 amide bonds. The molecule has 1 aliphatic carbocycles. The number of nitrogens with two attached hydrogens (primary N) is 1. The van der Waals surface area contributed by atoms with Crippen LogP contribution >= 0.6 is 11.6 Å². The topological polar surface area (TPSA) is 44.9 Å². The van der Waals surface area contributed by atoms with Gasteiger partial charge in [0.05, 0.1) is 5.02 Å². The molecule has 1 saturated carbocycles. The lowest BCUT2D eigenvalue weighted by atomic mass is 9.94. The number of benzene rings is 1. The molecule has 0 bridgehead atoms. The van der Waals surface area contributed by atoms with Gasteiger partial charge in [0, 0.05) is 25.7 Å². The second-order valence-electron chi connectivity index (χ2n) is 6.69. The third kappa shape index (κ3) is 3.61. The average Bonchev–Trinajstić information content (AvgIpc) is 3.31. The Morgan fingerprint density at radius 2 is 2.17 bits per heavy atom. The Balaban J connectivity index is 1.72. The van der Waals surface area contributed by atoms with Crippen molar-refractivity contribution in [2.24, 2.45) is 16.6 Å². The molecule has 126 valence electrons. The number of hydrogen-bond acceptors (Lipinski definition) is 2. The summed E-state index contributed by atoms with van der Waals surface area (Å²) in [6, 6.07) is 5.81. The predicted molar refractivity (Wildman–Crippen MR) is 92.2 cm³/mol. The molecule has 0 aromatic heterocycles. The van der Waals surface area contributed by atoms with Crippen molar-refractivity contribution in [1.29, 1.82) is 0 Å². The molecule has 0 spiro atoms. The van der Waals surface area contributed by atoms with Crippen LogP contribution in [0.3, 0.4) is 0 Å². The van der Waals surface area contributed by atoms with Gasteiger partial charge in [-0.2, -0.15) is 0 Å². The van der Waals surface area contributed by atoms with Crippen molar-refractivity contribution in [2.45, 2.75) is 31.3 Å². The molecule has 23 heavy (non-hydrogen) atoms. The minimum absolute atomic E-state index is 0.157. The maximum Gasteiger partial charge on any atom is 0.191 e. The number of aliphatic imine (C=N–C) groups is 1. The lowest BCUT2D eigenvalue weighted by Crippen LogP contribution is -2.36. The number of nitrogens with zero attached hydrogens (tertiary/aromatic N) is 3. The Bertz CT molecular complexity index is 602. The summed E-state index contributed by atoms with van der Waals surface area (Å²) in [7, 11) is 4.07. The normalized spacial score (nSPS) is 25.8. The second-order valence-corrected chi connectivity index (χ2v) is 7.10. The van der Waals surface area contributed by atoms with Gasteiger partial charge in [-0.25, -0.2) is 4.39 Å². The van der Waals surface area contributed by atoms with Gasteiger partial charge in [-0.1, -0.05) is 17.7 Å². The average molecular weight is 339 g/mol. The molecule has 2 fully saturated rings. The van der Waals surface area contributed by atoms with Crippen molar-refractivity contribution in [3.8, 4) is 0 Å². The number of guanidine groups is 1. The van der Waals surface area contributed by atoms with E-state index in [-0.39, 0.29) is 16.9 Å². The molecular formula is C17H24ClFN4. The van der Waals surface area contributed by atoms with E-state index in [1.807, 2.05) is 13.1 Å². The van der Waals surface area contributed by atoms with Crippen molar-refractivity contribution >= 4 is 17.6 Å². The Morgan fingerprint density at radius 3 is 2.83 bits per heavy atom. The molecule has 2 atom stereocenters. The monoisotopic (exact) mass is 338 g/mol. The van der Waals surface area contributed by atoms with Crippen LogP contribution in [0.15, 0.2) is 23.2 Å². The fraction of sp³-hybridized carbons (Fsp3) is 0.588. The van der Waals surface area contributed by atoms with Gasteiger partial charge in [-0.3, -0.25) is 9.89 Å². The van der Waals surface area contributed by atoms with Crippen LogP contribution in [0, 0.1) is 11.7 Å². The van der Waals surface area contributed by atoms with E-state index in [4.69, 9.17) is 17.3 Å². The minimum atomic E-state index is -0.361. The molecule has 1 aromatic carbocycles. The molecule has 3 rings (SSSR count). The van der Waals surface area contributed by atoms with Crippen LogP contribution in [0.1, 0.15) is 30.9 Å². The highest BCUT2D eigenvalue weighted by Crippen LogP contribution is 2.37. The molecule has 2 aliphatic rings. The highest BCUT2D eigenvalue weighted by Gasteiger charge is 2.33. The molecule has 1 saturated heterocycles. The first-order chi connectivity index (χ1) is 11.0. The highest BCUT2D eigenvalue weighted by molar-refractivity contribution is 6.30. The summed E-state index contributed by atoms with van der Waals surface area (Å²) in [5.41, 5.74) is 7.04. The van der Waals surface area contributed by atoms with Crippen LogP contribution in [0.5, 0.6) is 0 Å². The van der Waals surface area contributed by atoms with E-state index in [2.05, 4.69) is 21.8 Å². The van der Waals surface area contributed by atoms with Crippen molar-refractivity contribution in [3.63, 3.8) is 0 Å². The lowest BCUT2D eigenvalue weighted by Gasteiger charge is -2.25. The number of likely N-dealkylation sites (tertiary alicyclic amines) is 1. The molecule has 1 aromatic rings. The fourth-order valence-corrected chi connectivity index (χ4v) is 3.53. The van der Waals surface area contributed by atoms with Crippen LogP contribution in [0.25, 0.3) is 0 Å². The maximum atomic E-state index is 13.8. The number of rotatable bonds is 4. The van der Waals surface area contributed by atoms with E-state index in [1.54, 1.807) is 12.1 Å². The van der Waals surface area contributed by atoms with E-state index >= 15 is 0 Å². The van der Waals surface area contributed by atoms with Crippen molar-refractivity contribution in [3.05, 3.63) is 34.6 Å². The Morgan fingerprint density at radius 1 is 1.43 bits per heavy atom. The smallest absolute Gasteiger partial charge is 0.191 e. The fourth-order valence-electron chi connectivity index (χ4n) is 3.41. The second kappa shape index (κ2) is 6.65. The molecule has 4 nitrogen and oxygen atoms in total. The van der Waals surface area contributed by atoms with Crippen molar-refractivity contribution < 1.29 is 4.39 Å². The van der Waals surface area contributed by atoms with Crippen LogP contribution in [-0.2, 0) is 0 Å². The summed E-state index contributed by atoms with van der Waals surface area (Å²) >= 11 is 5.80. The molecule has 1 heterocycles. The Kier molecular flexibility index (Phi) is 4.78. The summed E-state index contributed by atoms with van der Waals surface area (Å²) in [4.78, 5) is 8.91. The van der Waals surface area contributed by atoms with Crippen molar-refractivity contribution in [1.82, 2.24) is 9.80 Å². The largest absolute Gasteiger partial charge is 0.370 e. The first-order valence-electron chi connectivity index (χ1n) is 8.15. The van der Waals surface area contributed by atoms with E-state index in [9.17, 15) is 4.39 Å². The molecule has 1 aliphatic heterocycles. The maximum absolute atomic E-state index is 13.8. The zero-order chi connectivity index (χ0) is 16.6. The predicted octanol–water partition coefficient (Wildman–Crippen LogP) is 2.88. The SMILES string of the molecule is CN(C(N)=NC[C@H]1CCN(C)[C@@H]1c1ccc(Cl)c(F)c1)C1CC1.